The molecule has 1 aromatic heterocycles. The highest BCUT2D eigenvalue weighted by molar-refractivity contribution is 5.82. The molecule has 1 atom stereocenters. The van der Waals surface area contributed by atoms with Gasteiger partial charge in [-0.1, -0.05) is 87.4 Å². The van der Waals surface area contributed by atoms with Crippen molar-refractivity contribution in [3.05, 3.63) is 66.9 Å². The lowest BCUT2D eigenvalue weighted by molar-refractivity contribution is -0.154. The smallest absolute Gasteiger partial charge is 0.329 e. The van der Waals surface area contributed by atoms with Gasteiger partial charge in [0.25, 0.3) is 0 Å². The third-order valence-corrected chi connectivity index (χ3v) is 5.30. The fourth-order valence-corrected chi connectivity index (χ4v) is 3.44. The molecule has 0 amide bonds. The molecule has 2 aromatic carbocycles. The van der Waals surface area contributed by atoms with Gasteiger partial charge >= 0.3 is 11.9 Å². The second kappa shape index (κ2) is 12.6. The molecule has 0 N–H and O–H groups in total. The summed E-state index contributed by atoms with van der Waals surface area (Å²) in [5, 5.41) is 0. The first-order valence-electron chi connectivity index (χ1n) is 11.7. The summed E-state index contributed by atoms with van der Waals surface area (Å²) in [5.74, 6) is -0.270. The highest BCUT2D eigenvalue weighted by Crippen LogP contribution is 2.30. The Labute approximate surface area is 195 Å². The van der Waals surface area contributed by atoms with Crippen molar-refractivity contribution in [2.24, 2.45) is 0 Å². The Morgan fingerprint density at radius 1 is 0.848 bits per heavy atom. The van der Waals surface area contributed by atoms with Crippen molar-refractivity contribution in [2.45, 2.75) is 52.0 Å². The maximum Gasteiger partial charge on any atom is 0.329 e. The van der Waals surface area contributed by atoms with Crippen molar-refractivity contribution < 1.29 is 19.1 Å². The van der Waals surface area contributed by atoms with E-state index in [0.29, 0.717) is 19.0 Å². The molecule has 6 heteroatoms. The van der Waals surface area contributed by atoms with Crippen molar-refractivity contribution >= 4 is 11.9 Å². The fraction of sp³-hybridized carbons (Fsp3) is 0.370. The van der Waals surface area contributed by atoms with Crippen LogP contribution in [0.15, 0.2) is 66.9 Å². The summed E-state index contributed by atoms with van der Waals surface area (Å²) in [6, 6.07) is 18.5. The summed E-state index contributed by atoms with van der Waals surface area (Å²) >= 11 is 0. The quantitative estimate of drug-likeness (QED) is 0.257. The van der Waals surface area contributed by atoms with E-state index >= 15 is 0 Å². The van der Waals surface area contributed by atoms with Gasteiger partial charge < -0.3 is 14.0 Å². The van der Waals surface area contributed by atoms with Crippen molar-refractivity contribution in [3.63, 3.8) is 0 Å². The number of unbranched alkanes of at least 4 members (excludes halogenated alkanes) is 2. The van der Waals surface area contributed by atoms with E-state index in [1.54, 1.807) is 4.57 Å². The predicted octanol–water partition coefficient (Wildman–Crippen LogP) is 5.83. The van der Waals surface area contributed by atoms with E-state index in [1.807, 2.05) is 80.7 Å². The minimum Gasteiger partial charge on any atom is -0.466 e. The molecule has 0 spiro atoms. The van der Waals surface area contributed by atoms with E-state index in [4.69, 9.17) is 14.5 Å². The fourth-order valence-electron chi connectivity index (χ4n) is 3.44. The van der Waals surface area contributed by atoms with E-state index in [2.05, 4.69) is 0 Å². The molecule has 0 aliphatic heterocycles. The number of imidazole rings is 1. The van der Waals surface area contributed by atoms with Crippen molar-refractivity contribution in [2.75, 3.05) is 13.2 Å². The van der Waals surface area contributed by atoms with Crippen LogP contribution >= 0.6 is 0 Å². The predicted molar refractivity (Wildman–Crippen MR) is 128 cm³/mol. The van der Waals surface area contributed by atoms with Gasteiger partial charge in [0.1, 0.15) is 11.9 Å². The third kappa shape index (κ3) is 6.78. The average Bonchev–Trinajstić information content (AvgIpc) is 3.29. The first kappa shape index (κ1) is 24.2. The number of rotatable bonds is 12. The summed E-state index contributed by atoms with van der Waals surface area (Å²) in [7, 11) is 0. The van der Waals surface area contributed by atoms with Gasteiger partial charge in [-0.25, -0.2) is 9.78 Å². The molecule has 0 saturated heterocycles. The number of aromatic nitrogens is 2. The molecule has 0 fully saturated rings. The molecule has 0 saturated carbocycles. The van der Waals surface area contributed by atoms with E-state index in [-0.39, 0.29) is 6.42 Å². The Hall–Kier alpha value is -3.41. The Balaban J connectivity index is 2.00. The van der Waals surface area contributed by atoms with Crippen molar-refractivity contribution in [1.82, 2.24) is 9.55 Å². The van der Waals surface area contributed by atoms with E-state index < -0.39 is 18.0 Å². The number of benzene rings is 2. The molecular weight excluding hydrogens is 416 g/mol. The van der Waals surface area contributed by atoms with Crippen LogP contribution in [-0.2, 0) is 19.1 Å². The maximum absolute atomic E-state index is 13.1. The van der Waals surface area contributed by atoms with Gasteiger partial charge in [0.05, 0.1) is 25.3 Å². The van der Waals surface area contributed by atoms with Gasteiger partial charge in [0.2, 0.25) is 0 Å². The lowest BCUT2D eigenvalue weighted by Gasteiger charge is -2.19. The molecule has 0 bridgehead atoms. The Kier molecular flexibility index (Phi) is 9.24. The van der Waals surface area contributed by atoms with Gasteiger partial charge in [-0.3, -0.25) is 4.79 Å². The monoisotopic (exact) mass is 448 g/mol. The van der Waals surface area contributed by atoms with E-state index in [1.165, 1.54) is 0 Å². The molecular formula is C27H32N2O4. The topological polar surface area (TPSA) is 70.4 Å². The summed E-state index contributed by atoms with van der Waals surface area (Å²) in [5.41, 5.74) is 2.50. The number of hydrogen-bond acceptors (Lipinski definition) is 5. The number of esters is 2. The summed E-state index contributed by atoms with van der Waals surface area (Å²) < 4.78 is 12.7. The standard InChI is InChI=1S/C27H32N2O4/c1-3-5-17-32-25(30)19-24(27(31)33-18-6-4-2)29-20-23(21-13-9-7-10-14-21)28-26(29)22-15-11-8-12-16-22/h7-16,20,24H,3-6,17-19H2,1-2H3. The first-order chi connectivity index (χ1) is 16.1. The molecule has 0 aliphatic rings. The van der Waals surface area contributed by atoms with Crippen LogP contribution in [0, 0.1) is 0 Å². The van der Waals surface area contributed by atoms with Crippen LogP contribution in [0.2, 0.25) is 0 Å². The summed E-state index contributed by atoms with van der Waals surface area (Å²) in [6.45, 7) is 4.73. The molecule has 33 heavy (non-hydrogen) atoms. The number of ether oxygens (including phenoxy) is 2. The molecule has 3 aromatic rings. The second-order valence-electron chi connectivity index (χ2n) is 7.90. The third-order valence-electron chi connectivity index (χ3n) is 5.30. The number of carbonyl (C=O) groups is 2. The lowest BCUT2D eigenvalue weighted by Crippen LogP contribution is -2.26. The molecule has 0 radical (unpaired) electrons. The summed E-state index contributed by atoms with van der Waals surface area (Å²) in [4.78, 5) is 30.6. The largest absolute Gasteiger partial charge is 0.466 e. The zero-order chi connectivity index (χ0) is 23.5. The zero-order valence-electron chi connectivity index (χ0n) is 19.4. The van der Waals surface area contributed by atoms with Crippen molar-refractivity contribution in [3.8, 4) is 22.6 Å². The van der Waals surface area contributed by atoms with E-state index in [0.717, 1.165) is 42.5 Å². The molecule has 3 rings (SSSR count). The Bertz CT molecular complexity index is 1020. The highest BCUT2D eigenvalue weighted by atomic mass is 16.5. The van der Waals surface area contributed by atoms with Crippen LogP contribution in [0.1, 0.15) is 52.0 Å². The van der Waals surface area contributed by atoms with Crippen LogP contribution in [0.3, 0.4) is 0 Å². The van der Waals surface area contributed by atoms with Crippen LogP contribution in [0.5, 0.6) is 0 Å². The Morgan fingerprint density at radius 2 is 1.42 bits per heavy atom. The maximum atomic E-state index is 13.1. The molecule has 1 heterocycles. The minimum absolute atomic E-state index is 0.112. The van der Waals surface area contributed by atoms with Gasteiger partial charge in [-0.15, -0.1) is 0 Å². The zero-order valence-corrected chi connectivity index (χ0v) is 19.4. The van der Waals surface area contributed by atoms with Gasteiger partial charge in [-0.2, -0.15) is 0 Å². The van der Waals surface area contributed by atoms with Gasteiger partial charge in [0.15, 0.2) is 0 Å². The van der Waals surface area contributed by atoms with Crippen LogP contribution in [0.25, 0.3) is 22.6 Å². The molecule has 6 nitrogen and oxygen atoms in total. The van der Waals surface area contributed by atoms with Crippen LogP contribution < -0.4 is 0 Å². The Morgan fingerprint density at radius 3 is 2.03 bits per heavy atom. The normalized spacial score (nSPS) is 11.7. The molecule has 174 valence electrons. The van der Waals surface area contributed by atoms with E-state index in [9.17, 15) is 9.59 Å². The average molecular weight is 449 g/mol. The number of nitrogens with zero attached hydrogens (tertiary/aromatic N) is 2. The van der Waals surface area contributed by atoms with Gasteiger partial charge in [0, 0.05) is 17.3 Å². The molecule has 0 aliphatic carbocycles. The lowest BCUT2D eigenvalue weighted by atomic mass is 10.1. The van der Waals surface area contributed by atoms with Crippen LogP contribution in [-0.4, -0.2) is 34.7 Å². The summed E-state index contributed by atoms with van der Waals surface area (Å²) in [6.07, 6.45) is 5.10. The second-order valence-corrected chi connectivity index (χ2v) is 7.90. The number of hydrogen-bond donors (Lipinski definition) is 0. The SMILES string of the molecule is CCCCOC(=O)CC(C(=O)OCCCC)n1cc(-c2ccccc2)nc1-c1ccccc1. The highest BCUT2D eigenvalue weighted by Gasteiger charge is 2.29. The number of carbonyl (C=O) groups excluding carboxylic acids is 2. The van der Waals surface area contributed by atoms with Gasteiger partial charge in [-0.05, 0) is 12.8 Å². The molecule has 1 unspecified atom stereocenters. The van der Waals surface area contributed by atoms with Crippen LogP contribution in [0.4, 0.5) is 0 Å². The first-order valence-corrected chi connectivity index (χ1v) is 11.7. The minimum atomic E-state index is -0.865. The van der Waals surface area contributed by atoms with Crippen molar-refractivity contribution in [1.29, 1.82) is 0 Å².